The second-order valence-electron chi connectivity index (χ2n) is 8.60. The maximum Gasteiger partial charge on any atom is 0.253 e. The fourth-order valence-corrected chi connectivity index (χ4v) is 4.88. The van der Waals surface area contributed by atoms with E-state index < -0.39 is 11.8 Å². The molecule has 0 spiro atoms. The topological polar surface area (TPSA) is 65.5 Å². The van der Waals surface area contributed by atoms with Crippen LogP contribution in [0.15, 0.2) is 24.3 Å². The average Bonchev–Trinajstić information content (AvgIpc) is 3.12. The van der Waals surface area contributed by atoms with Crippen LogP contribution in [-0.4, -0.2) is 47.4 Å². The summed E-state index contributed by atoms with van der Waals surface area (Å²) < 4.78 is 13.5. The van der Waals surface area contributed by atoms with Gasteiger partial charge in [-0.25, -0.2) is 9.37 Å². The maximum absolute atomic E-state index is 13.5. The van der Waals surface area contributed by atoms with Crippen LogP contribution in [0.3, 0.4) is 0 Å². The van der Waals surface area contributed by atoms with Crippen molar-refractivity contribution in [3.63, 3.8) is 0 Å². The van der Waals surface area contributed by atoms with Crippen LogP contribution >= 0.6 is 11.6 Å². The lowest BCUT2D eigenvalue weighted by Gasteiger charge is -2.35. The van der Waals surface area contributed by atoms with Gasteiger partial charge in [0, 0.05) is 18.5 Å². The molecule has 1 aromatic heterocycles. The van der Waals surface area contributed by atoms with Crippen molar-refractivity contribution in [2.75, 3.05) is 24.5 Å². The molecule has 4 rings (SSSR count). The number of amides is 1. The number of carbonyl (C=O) groups is 1. The normalized spacial score (nSPS) is 27.4. The molecule has 1 unspecified atom stereocenters. The molecular formula is C22H27ClFN3O2. The van der Waals surface area contributed by atoms with Gasteiger partial charge in [0.15, 0.2) is 0 Å². The summed E-state index contributed by atoms with van der Waals surface area (Å²) in [5, 5.41) is 14.7. The van der Waals surface area contributed by atoms with Gasteiger partial charge in [-0.2, -0.15) is 0 Å². The lowest BCUT2D eigenvalue weighted by atomic mass is 9.79. The summed E-state index contributed by atoms with van der Waals surface area (Å²) in [7, 11) is 0. The van der Waals surface area contributed by atoms with Crippen LogP contribution in [0, 0.1) is 5.92 Å². The Balaban J connectivity index is 1.56. The molecule has 1 amide bonds. The Bertz CT molecular complexity index is 924. The number of anilines is 1. The molecule has 1 saturated carbocycles. The SMILES string of the molecule is C[C@H]1CCCC(O)(CNC(=O)c2c(Cl)ccc3nc(N4CC[C@@H](F)C4)ccc23)C1. The highest BCUT2D eigenvalue weighted by molar-refractivity contribution is 6.35. The summed E-state index contributed by atoms with van der Waals surface area (Å²) >= 11 is 6.35. The van der Waals surface area contributed by atoms with Crippen molar-refractivity contribution in [2.45, 2.75) is 50.8 Å². The molecule has 7 heteroatoms. The molecule has 29 heavy (non-hydrogen) atoms. The highest BCUT2D eigenvalue weighted by Crippen LogP contribution is 2.32. The number of rotatable bonds is 4. The van der Waals surface area contributed by atoms with E-state index in [0.29, 0.717) is 65.6 Å². The number of fused-ring (bicyclic) bond motifs is 1. The first-order chi connectivity index (χ1) is 13.8. The zero-order valence-corrected chi connectivity index (χ0v) is 17.4. The molecule has 1 saturated heterocycles. The zero-order chi connectivity index (χ0) is 20.6. The largest absolute Gasteiger partial charge is 0.388 e. The van der Waals surface area contributed by atoms with Crippen molar-refractivity contribution in [1.29, 1.82) is 0 Å². The van der Waals surface area contributed by atoms with Crippen LogP contribution in [0.1, 0.15) is 49.4 Å². The number of hydrogen-bond donors (Lipinski definition) is 2. The number of nitrogens with one attached hydrogen (secondary N) is 1. The van der Waals surface area contributed by atoms with E-state index in [-0.39, 0.29) is 12.5 Å². The Hall–Kier alpha value is -1.92. The van der Waals surface area contributed by atoms with Gasteiger partial charge in [-0.05, 0) is 49.4 Å². The minimum absolute atomic E-state index is 0.208. The Kier molecular flexibility index (Phi) is 5.67. The molecule has 0 bridgehead atoms. The number of pyridine rings is 1. The number of alkyl halides is 1. The number of hydrogen-bond acceptors (Lipinski definition) is 4. The van der Waals surface area contributed by atoms with Crippen molar-refractivity contribution in [3.05, 3.63) is 34.9 Å². The number of nitrogens with zero attached hydrogens (tertiary/aromatic N) is 2. The summed E-state index contributed by atoms with van der Waals surface area (Å²) in [6.07, 6.45) is 3.14. The van der Waals surface area contributed by atoms with E-state index in [1.54, 1.807) is 12.1 Å². The summed E-state index contributed by atoms with van der Waals surface area (Å²) in [5.74, 6) is 0.840. The van der Waals surface area contributed by atoms with Gasteiger partial charge in [0.05, 0.1) is 28.2 Å². The summed E-state index contributed by atoms with van der Waals surface area (Å²) in [4.78, 5) is 19.5. The minimum Gasteiger partial charge on any atom is -0.388 e. The van der Waals surface area contributed by atoms with Crippen LogP contribution < -0.4 is 10.2 Å². The van der Waals surface area contributed by atoms with Gasteiger partial charge < -0.3 is 15.3 Å². The summed E-state index contributed by atoms with van der Waals surface area (Å²) in [6, 6.07) is 7.07. The van der Waals surface area contributed by atoms with Crippen LogP contribution in [0.4, 0.5) is 10.2 Å². The van der Waals surface area contributed by atoms with Gasteiger partial charge in [-0.1, -0.05) is 31.4 Å². The zero-order valence-electron chi connectivity index (χ0n) is 16.6. The number of benzene rings is 1. The van der Waals surface area contributed by atoms with E-state index in [1.165, 1.54) is 0 Å². The smallest absolute Gasteiger partial charge is 0.253 e. The molecule has 2 fully saturated rings. The lowest BCUT2D eigenvalue weighted by molar-refractivity contribution is -0.0109. The summed E-state index contributed by atoms with van der Waals surface area (Å²) in [5.41, 5.74) is 0.138. The predicted molar refractivity (Wildman–Crippen MR) is 113 cm³/mol. The summed E-state index contributed by atoms with van der Waals surface area (Å²) in [6.45, 7) is 3.32. The Labute approximate surface area is 175 Å². The Morgan fingerprint density at radius 2 is 2.21 bits per heavy atom. The fraction of sp³-hybridized carbons (Fsp3) is 0.545. The Morgan fingerprint density at radius 3 is 2.93 bits per heavy atom. The molecule has 1 aliphatic carbocycles. The van der Waals surface area contributed by atoms with Gasteiger partial charge in [0.2, 0.25) is 0 Å². The molecule has 2 aromatic rings. The molecule has 3 atom stereocenters. The predicted octanol–water partition coefficient (Wildman–Crippen LogP) is 4.11. The molecule has 1 aliphatic heterocycles. The lowest BCUT2D eigenvalue weighted by Crippen LogP contribution is -2.45. The van der Waals surface area contributed by atoms with E-state index in [2.05, 4.69) is 17.2 Å². The van der Waals surface area contributed by atoms with E-state index in [0.717, 1.165) is 12.8 Å². The maximum atomic E-state index is 13.5. The molecule has 2 heterocycles. The molecule has 1 aromatic carbocycles. The van der Waals surface area contributed by atoms with E-state index in [4.69, 9.17) is 11.6 Å². The van der Waals surface area contributed by atoms with Crippen LogP contribution in [0.25, 0.3) is 10.9 Å². The van der Waals surface area contributed by atoms with Crippen molar-refractivity contribution in [2.24, 2.45) is 5.92 Å². The minimum atomic E-state index is -0.867. The van der Waals surface area contributed by atoms with Gasteiger partial charge in [-0.15, -0.1) is 0 Å². The molecule has 2 N–H and O–H groups in total. The van der Waals surface area contributed by atoms with Crippen LogP contribution in [-0.2, 0) is 0 Å². The second-order valence-corrected chi connectivity index (χ2v) is 9.01. The highest BCUT2D eigenvalue weighted by Gasteiger charge is 2.33. The molecule has 156 valence electrons. The first-order valence-corrected chi connectivity index (χ1v) is 10.7. The number of aromatic nitrogens is 1. The molecule has 2 aliphatic rings. The molecule has 0 radical (unpaired) electrons. The van der Waals surface area contributed by atoms with Gasteiger partial charge in [0.1, 0.15) is 12.0 Å². The third-order valence-corrected chi connectivity index (χ3v) is 6.45. The quantitative estimate of drug-likeness (QED) is 0.782. The third kappa shape index (κ3) is 4.33. The Morgan fingerprint density at radius 1 is 1.38 bits per heavy atom. The van der Waals surface area contributed by atoms with Crippen molar-refractivity contribution < 1.29 is 14.3 Å². The van der Waals surface area contributed by atoms with Gasteiger partial charge >= 0.3 is 0 Å². The van der Waals surface area contributed by atoms with Gasteiger partial charge in [0.25, 0.3) is 5.91 Å². The van der Waals surface area contributed by atoms with Crippen LogP contribution in [0.2, 0.25) is 5.02 Å². The molecular weight excluding hydrogens is 393 g/mol. The molecule has 5 nitrogen and oxygen atoms in total. The number of carbonyl (C=O) groups excluding carboxylic acids is 1. The third-order valence-electron chi connectivity index (χ3n) is 6.13. The monoisotopic (exact) mass is 419 g/mol. The van der Waals surface area contributed by atoms with Crippen molar-refractivity contribution in [3.8, 4) is 0 Å². The van der Waals surface area contributed by atoms with E-state index >= 15 is 0 Å². The second kappa shape index (κ2) is 8.07. The highest BCUT2D eigenvalue weighted by atomic mass is 35.5. The van der Waals surface area contributed by atoms with E-state index in [9.17, 15) is 14.3 Å². The van der Waals surface area contributed by atoms with Crippen molar-refractivity contribution >= 4 is 34.2 Å². The van der Waals surface area contributed by atoms with Crippen molar-refractivity contribution in [1.82, 2.24) is 10.3 Å². The van der Waals surface area contributed by atoms with Gasteiger partial charge in [-0.3, -0.25) is 4.79 Å². The van der Waals surface area contributed by atoms with E-state index in [1.807, 2.05) is 17.0 Å². The standard InChI is InChI=1S/C22H27ClFN3O2/c1-14-3-2-9-22(29,11-14)13-25-21(28)20-16-4-7-19(27-10-8-15(24)12-27)26-18(16)6-5-17(20)23/h4-7,14-15,29H,2-3,8-13H2,1H3,(H,25,28)/t14-,15+,22?/m0/s1. The first-order valence-electron chi connectivity index (χ1n) is 10.3. The van der Waals surface area contributed by atoms with Crippen LogP contribution in [0.5, 0.6) is 0 Å². The number of halogens is 2. The number of aliphatic hydroxyl groups is 1. The first kappa shape index (κ1) is 20.4. The average molecular weight is 420 g/mol. The fourth-order valence-electron chi connectivity index (χ4n) is 4.63.